The fourth-order valence-electron chi connectivity index (χ4n) is 8.91. The van der Waals surface area contributed by atoms with Crippen LogP contribution < -0.4 is 5.32 Å². The summed E-state index contributed by atoms with van der Waals surface area (Å²) in [5.41, 5.74) is 0. The Morgan fingerprint density at radius 3 is 1.17 bits per heavy atom. The molecule has 0 aromatic rings. The first-order chi connectivity index (χ1) is 31.4. The molecule has 0 saturated heterocycles. The number of phosphoric ester groups is 1. The van der Waals surface area contributed by atoms with Gasteiger partial charge in [-0.25, -0.2) is 4.57 Å². The molecule has 8 N–H and O–H groups in total. The summed E-state index contributed by atoms with van der Waals surface area (Å²) in [6.07, 6.45) is 37.1. The van der Waals surface area contributed by atoms with E-state index in [2.05, 4.69) is 19.2 Å². The Morgan fingerprint density at radius 2 is 0.815 bits per heavy atom. The Morgan fingerprint density at radius 1 is 0.508 bits per heavy atom. The van der Waals surface area contributed by atoms with Crippen molar-refractivity contribution in [2.45, 2.75) is 307 Å². The van der Waals surface area contributed by atoms with Gasteiger partial charge in [0.05, 0.1) is 18.8 Å². The van der Waals surface area contributed by atoms with E-state index in [1.807, 2.05) is 6.08 Å². The van der Waals surface area contributed by atoms with Crippen LogP contribution >= 0.6 is 7.82 Å². The normalized spacial score (nSPS) is 22.0. The first-order valence-electron chi connectivity index (χ1n) is 27.1. The standard InChI is InChI=1S/C52H102NO11P/c1-3-5-7-9-11-13-15-17-19-21-22-23-24-26-28-30-32-34-36-38-40-42-46(55)53-44(43-63-65(61,62)64-52-50(59)48(57)47(56)49(58)51(52)60)45(54)41-39-37-35-33-31-29-27-25-20-18-16-14-12-10-8-6-4-2/h39,41,44-45,47-52,54,56-60H,3-38,40,42-43H2,1-2H3,(H,53,55)(H,61,62)/b41-39+/t44-,45+,47?,48+,49?,50?,51?,52?/m0/s1. The van der Waals surface area contributed by atoms with E-state index in [0.717, 1.165) is 44.9 Å². The molecule has 1 aliphatic carbocycles. The van der Waals surface area contributed by atoms with Crippen molar-refractivity contribution < 1.29 is 53.9 Å². The SMILES string of the molecule is CCCCCCCCCCCCCCCCC/C=C/[C@@H](O)[C@H](COP(=O)(O)OC1C(O)C(O)C(O)[C@@H](O)C1O)NC(=O)CCCCCCCCCCCCCCCCCCCCCCC. The molecular weight excluding hydrogens is 846 g/mol. The lowest BCUT2D eigenvalue weighted by molar-refractivity contribution is -0.220. The number of phosphoric acid groups is 1. The highest BCUT2D eigenvalue weighted by atomic mass is 31.2. The van der Waals surface area contributed by atoms with Gasteiger partial charge < -0.3 is 40.8 Å². The summed E-state index contributed by atoms with van der Waals surface area (Å²) < 4.78 is 23.0. The lowest BCUT2D eigenvalue weighted by Crippen LogP contribution is -2.64. The quantitative estimate of drug-likeness (QED) is 0.0164. The van der Waals surface area contributed by atoms with Gasteiger partial charge in [0.2, 0.25) is 5.91 Å². The monoisotopic (exact) mass is 948 g/mol. The number of aliphatic hydroxyl groups excluding tert-OH is 6. The van der Waals surface area contributed by atoms with Gasteiger partial charge in [0.25, 0.3) is 0 Å². The van der Waals surface area contributed by atoms with Crippen LogP contribution in [-0.4, -0.2) is 96.8 Å². The molecule has 65 heavy (non-hydrogen) atoms. The second-order valence-electron chi connectivity index (χ2n) is 19.4. The first kappa shape index (κ1) is 62.1. The van der Waals surface area contributed by atoms with Crippen molar-refractivity contribution in [1.82, 2.24) is 5.32 Å². The molecule has 13 heteroatoms. The maximum absolute atomic E-state index is 13.0. The van der Waals surface area contributed by atoms with E-state index in [9.17, 15) is 44.9 Å². The van der Waals surface area contributed by atoms with Crippen LogP contribution in [0.1, 0.15) is 258 Å². The van der Waals surface area contributed by atoms with Crippen molar-refractivity contribution >= 4 is 13.7 Å². The molecule has 0 bridgehead atoms. The summed E-state index contributed by atoms with van der Waals surface area (Å²) in [4.78, 5) is 23.5. The van der Waals surface area contributed by atoms with E-state index in [-0.39, 0.29) is 12.3 Å². The molecule has 1 amide bonds. The van der Waals surface area contributed by atoms with Gasteiger partial charge in [0.15, 0.2) is 0 Å². The molecule has 1 aliphatic rings. The first-order valence-corrected chi connectivity index (χ1v) is 28.6. The molecule has 1 fully saturated rings. The molecule has 1 saturated carbocycles. The predicted octanol–water partition coefficient (Wildman–Crippen LogP) is 11.6. The zero-order valence-electron chi connectivity index (χ0n) is 41.6. The molecule has 0 spiro atoms. The van der Waals surface area contributed by atoms with E-state index in [1.165, 1.54) is 186 Å². The number of carbonyl (C=O) groups is 1. The molecule has 0 heterocycles. The summed E-state index contributed by atoms with van der Waals surface area (Å²) in [6, 6.07) is -1.11. The minimum Gasteiger partial charge on any atom is -0.387 e. The lowest BCUT2D eigenvalue weighted by Gasteiger charge is -2.41. The van der Waals surface area contributed by atoms with Gasteiger partial charge in [0, 0.05) is 6.42 Å². The van der Waals surface area contributed by atoms with Crippen LogP contribution in [0.5, 0.6) is 0 Å². The van der Waals surface area contributed by atoms with Crippen LogP contribution in [0.4, 0.5) is 0 Å². The fraction of sp³-hybridized carbons (Fsp3) is 0.942. The fourth-order valence-corrected chi connectivity index (χ4v) is 9.87. The highest BCUT2D eigenvalue weighted by molar-refractivity contribution is 7.47. The van der Waals surface area contributed by atoms with E-state index in [1.54, 1.807) is 6.08 Å². The zero-order chi connectivity index (χ0) is 47.8. The van der Waals surface area contributed by atoms with Crippen molar-refractivity contribution in [3.8, 4) is 0 Å². The average molecular weight is 948 g/mol. The third kappa shape index (κ3) is 33.3. The summed E-state index contributed by atoms with van der Waals surface area (Å²) in [6.45, 7) is 3.88. The molecule has 386 valence electrons. The molecule has 0 aromatic heterocycles. The average Bonchev–Trinajstić information content (AvgIpc) is 3.29. The van der Waals surface area contributed by atoms with Crippen LogP contribution in [-0.2, 0) is 18.4 Å². The van der Waals surface area contributed by atoms with Gasteiger partial charge >= 0.3 is 7.82 Å². The van der Waals surface area contributed by atoms with Crippen molar-refractivity contribution in [1.29, 1.82) is 0 Å². The Labute approximate surface area is 397 Å². The Kier molecular flexibility index (Phi) is 40.1. The van der Waals surface area contributed by atoms with Gasteiger partial charge in [0.1, 0.15) is 36.6 Å². The largest absolute Gasteiger partial charge is 0.472 e. The number of aliphatic hydroxyl groups is 6. The molecule has 0 radical (unpaired) electrons. The smallest absolute Gasteiger partial charge is 0.387 e. The van der Waals surface area contributed by atoms with Crippen molar-refractivity contribution in [3.63, 3.8) is 0 Å². The van der Waals surface area contributed by atoms with Gasteiger partial charge in [-0.15, -0.1) is 0 Å². The predicted molar refractivity (Wildman–Crippen MR) is 265 cm³/mol. The van der Waals surface area contributed by atoms with Gasteiger partial charge in [-0.2, -0.15) is 0 Å². The third-order valence-corrected chi connectivity index (χ3v) is 14.3. The highest BCUT2D eigenvalue weighted by Gasteiger charge is 2.51. The van der Waals surface area contributed by atoms with Crippen LogP contribution in [0.3, 0.4) is 0 Å². The van der Waals surface area contributed by atoms with Gasteiger partial charge in [-0.1, -0.05) is 244 Å². The summed E-state index contributed by atoms with van der Waals surface area (Å²) in [5, 5.41) is 64.2. The van der Waals surface area contributed by atoms with Crippen LogP contribution in [0.2, 0.25) is 0 Å². The summed E-state index contributed by atoms with van der Waals surface area (Å²) in [7, 11) is -5.08. The molecule has 9 atom stereocenters. The number of nitrogens with one attached hydrogen (secondary N) is 1. The zero-order valence-corrected chi connectivity index (χ0v) is 42.5. The number of hydrogen-bond acceptors (Lipinski definition) is 10. The van der Waals surface area contributed by atoms with Crippen molar-refractivity contribution in [2.24, 2.45) is 0 Å². The Balaban J connectivity index is 2.39. The number of unbranched alkanes of at least 4 members (excludes halogenated alkanes) is 35. The van der Waals surface area contributed by atoms with E-state index >= 15 is 0 Å². The second kappa shape index (κ2) is 42.0. The van der Waals surface area contributed by atoms with Crippen LogP contribution in [0.15, 0.2) is 12.2 Å². The highest BCUT2D eigenvalue weighted by Crippen LogP contribution is 2.47. The number of allylic oxidation sites excluding steroid dienone is 1. The number of amides is 1. The van der Waals surface area contributed by atoms with E-state index in [0.29, 0.717) is 6.42 Å². The molecule has 12 nitrogen and oxygen atoms in total. The summed E-state index contributed by atoms with van der Waals surface area (Å²) >= 11 is 0. The Hall–Kier alpha value is -0.920. The number of carbonyl (C=O) groups excluding carboxylic acids is 1. The van der Waals surface area contributed by atoms with E-state index in [4.69, 9.17) is 9.05 Å². The maximum atomic E-state index is 13.0. The van der Waals surface area contributed by atoms with Gasteiger partial charge in [-0.3, -0.25) is 13.8 Å². The minimum atomic E-state index is -5.08. The maximum Gasteiger partial charge on any atom is 0.472 e. The molecule has 6 unspecified atom stereocenters. The molecule has 1 rings (SSSR count). The van der Waals surface area contributed by atoms with Crippen LogP contribution in [0.25, 0.3) is 0 Å². The lowest BCUT2D eigenvalue weighted by atomic mass is 9.85. The summed E-state index contributed by atoms with van der Waals surface area (Å²) in [5.74, 6) is -0.335. The topological polar surface area (TPSA) is 206 Å². The van der Waals surface area contributed by atoms with E-state index < -0.39 is 63.2 Å². The molecule has 0 aliphatic heterocycles. The molecular formula is C52H102NO11P. The van der Waals surface area contributed by atoms with Crippen molar-refractivity contribution in [2.75, 3.05) is 6.61 Å². The van der Waals surface area contributed by atoms with Gasteiger partial charge in [-0.05, 0) is 19.3 Å². The Bertz CT molecular complexity index is 1150. The third-order valence-electron chi connectivity index (χ3n) is 13.3. The number of hydrogen-bond donors (Lipinski definition) is 8. The number of rotatable bonds is 46. The minimum absolute atomic E-state index is 0.219. The second-order valence-corrected chi connectivity index (χ2v) is 20.8. The van der Waals surface area contributed by atoms with Crippen molar-refractivity contribution in [3.05, 3.63) is 12.2 Å². The van der Waals surface area contributed by atoms with Crippen LogP contribution in [0, 0.1) is 0 Å². The molecule has 0 aromatic carbocycles.